The van der Waals surface area contributed by atoms with Gasteiger partial charge in [-0.3, -0.25) is 0 Å². The minimum Gasteiger partial charge on any atom is -0.444 e. The summed E-state index contributed by atoms with van der Waals surface area (Å²) in [5, 5.41) is 2.82. The Labute approximate surface area is 98.6 Å². The van der Waals surface area contributed by atoms with Crippen molar-refractivity contribution in [1.29, 1.82) is 0 Å². The SMILES string of the molecule is C=CC[C@H](NC(=O)OC(C)(C)C)/C(C)=C/C. The molecule has 1 N–H and O–H groups in total. The van der Waals surface area contributed by atoms with E-state index in [1.807, 2.05) is 40.7 Å². The first-order valence-electron chi connectivity index (χ1n) is 5.53. The van der Waals surface area contributed by atoms with Crippen LogP contribution in [0, 0.1) is 0 Å². The molecule has 0 unspecified atom stereocenters. The van der Waals surface area contributed by atoms with Gasteiger partial charge in [-0.25, -0.2) is 4.79 Å². The van der Waals surface area contributed by atoms with E-state index in [4.69, 9.17) is 4.74 Å². The van der Waals surface area contributed by atoms with Crippen LogP contribution >= 0.6 is 0 Å². The van der Waals surface area contributed by atoms with Crippen molar-refractivity contribution in [2.24, 2.45) is 0 Å². The molecule has 0 heterocycles. The molecule has 92 valence electrons. The molecule has 16 heavy (non-hydrogen) atoms. The van der Waals surface area contributed by atoms with Gasteiger partial charge in [0.15, 0.2) is 0 Å². The van der Waals surface area contributed by atoms with Crippen molar-refractivity contribution >= 4 is 6.09 Å². The number of hydrogen-bond donors (Lipinski definition) is 1. The van der Waals surface area contributed by atoms with Crippen molar-refractivity contribution in [3.63, 3.8) is 0 Å². The predicted molar refractivity (Wildman–Crippen MR) is 67.4 cm³/mol. The number of carbonyl (C=O) groups excluding carboxylic acids is 1. The lowest BCUT2D eigenvalue weighted by Gasteiger charge is -2.23. The van der Waals surface area contributed by atoms with Crippen LogP contribution in [0.15, 0.2) is 24.3 Å². The van der Waals surface area contributed by atoms with Crippen LogP contribution in [0.4, 0.5) is 4.79 Å². The number of rotatable bonds is 4. The molecule has 0 saturated heterocycles. The largest absolute Gasteiger partial charge is 0.444 e. The van der Waals surface area contributed by atoms with Crippen LogP contribution in [0.1, 0.15) is 41.0 Å². The minimum absolute atomic E-state index is 0.0302. The van der Waals surface area contributed by atoms with Crippen LogP contribution in [-0.4, -0.2) is 17.7 Å². The average molecular weight is 225 g/mol. The van der Waals surface area contributed by atoms with E-state index >= 15 is 0 Å². The summed E-state index contributed by atoms with van der Waals surface area (Å²) in [6.45, 7) is 13.1. The highest BCUT2D eigenvalue weighted by atomic mass is 16.6. The normalized spacial score (nSPS) is 14.2. The third kappa shape index (κ3) is 6.27. The van der Waals surface area contributed by atoms with Crippen molar-refractivity contribution in [1.82, 2.24) is 5.32 Å². The fourth-order valence-corrected chi connectivity index (χ4v) is 1.18. The molecular weight excluding hydrogens is 202 g/mol. The first-order chi connectivity index (χ1) is 7.30. The van der Waals surface area contributed by atoms with E-state index < -0.39 is 5.60 Å². The molecule has 0 saturated carbocycles. The summed E-state index contributed by atoms with van der Waals surface area (Å²) in [6.07, 6.45) is 4.08. The van der Waals surface area contributed by atoms with Gasteiger partial charge in [-0.15, -0.1) is 6.58 Å². The molecule has 1 amide bonds. The number of nitrogens with one attached hydrogen (secondary N) is 1. The molecule has 0 rings (SSSR count). The maximum Gasteiger partial charge on any atom is 0.408 e. The van der Waals surface area contributed by atoms with E-state index in [2.05, 4.69) is 11.9 Å². The Kier molecular flexibility index (Phi) is 5.86. The highest BCUT2D eigenvalue weighted by molar-refractivity contribution is 5.68. The van der Waals surface area contributed by atoms with Gasteiger partial charge in [0.1, 0.15) is 5.60 Å². The molecule has 0 aromatic carbocycles. The number of ether oxygens (including phenoxy) is 1. The fourth-order valence-electron chi connectivity index (χ4n) is 1.18. The lowest BCUT2D eigenvalue weighted by molar-refractivity contribution is 0.0512. The van der Waals surface area contributed by atoms with Gasteiger partial charge in [0.25, 0.3) is 0 Å². The van der Waals surface area contributed by atoms with Gasteiger partial charge in [0, 0.05) is 0 Å². The van der Waals surface area contributed by atoms with Crippen LogP contribution in [-0.2, 0) is 4.74 Å². The number of allylic oxidation sites excluding steroid dienone is 1. The highest BCUT2D eigenvalue weighted by Crippen LogP contribution is 2.10. The lowest BCUT2D eigenvalue weighted by atomic mass is 10.1. The molecule has 0 aromatic heterocycles. The third-order valence-corrected chi connectivity index (χ3v) is 2.10. The van der Waals surface area contributed by atoms with Crippen molar-refractivity contribution in [2.75, 3.05) is 0 Å². The molecule has 0 spiro atoms. The molecule has 3 nitrogen and oxygen atoms in total. The van der Waals surface area contributed by atoms with Gasteiger partial charge in [-0.1, -0.05) is 17.7 Å². The number of hydrogen-bond acceptors (Lipinski definition) is 2. The van der Waals surface area contributed by atoms with Crippen molar-refractivity contribution in [3.05, 3.63) is 24.3 Å². The summed E-state index contributed by atoms with van der Waals surface area (Å²) >= 11 is 0. The van der Waals surface area contributed by atoms with E-state index in [9.17, 15) is 4.79 Å². The van der Waals surface area contributed by atoms with Crippen LogP contribution in [0.2, 0.25) is 0 Å². The zero-order chi connectivity index (χ0) is 12.8. The molecule has 0 radical (unpaired) electrons. The molecule has 0 aliphatic heterocycles. The van der Waals surface area contributed by atoms with Crippen molar-refractivity contribution in [3.8, 4) is 0 Å². The monoisotopic (exact) mass is 225 g/mol. The Morgan fingerprint density at radius 2 is 2.06 bits per heavy atom. The van der Waals surface area contributed by atoms with Crippen LogP contribution in [0.5, 0.6) is 0 Å². The number of carbonyl (C=O) groups is 1. The molecule has 3 heteroatoms. The number of alkyl carbamates (subject to hydrolysis) is 1. The standard InChI is InChI=1S/C13H23NO2/c1-7-9-11(10(3)8-2)14-12(15)16-13(4,5)6/h7-8,11H,1,9H2,2-6H3,(H,14,15)/b10-8+/t11-/m0/s1. The summed E-state index contributed by atoms with van der Waals surface area (Å²) < 4.78 is 5.20. The van der Waals surface area contributed by atoms with Crippen molar-refractivity contribution < 1.29 is 9.53 Å². The zero-order valence-corrected chi connectivity index (χ0v) is 11.0. The Morgan fingerprint density at radius 3 is 2.44 bits per heavy atom. The molecule has 1 atom stereocenters. The Hall–Kier alpha value is -1.25. The molecule has 0 aromatic rings. The van der Waals surface area contributed by atoms with E-state index in [-0.39, 0.29) is 12.1 Å². The molecular formula is C13H23NO2. The first kappa shape index (κ1) is 14.8. The third-order valence-electron chi connectivity index (χ3n) is 2.10. The summed E-state index contributed by atoms with van der Waals surface area (Å²) in [4.78, 5) is 11.6. The Balaban J connectivity index is 4.41. The summed E-state index contributed by atoms with van der Waals surface area (Å²) in [5.74, 6) is 0. The second kappa shape index (κ2) is 6.36. The van der Waals surface area contributed by atoms with Gasteiger partial charge < -0.3 is 10.1 Å². The molecule has 0 aliphatic carbocycles. The second-order valence-electron chi connectivity index (χ2n) is 4.76. The minimum atomic E-state index is -0.466. The maximum atomic E-state index is 11.6. The van der Waals surface area contributed by atoms with Gasteiger partial charge in [-0.2, -0.15) is 0 Å². The van der Waals surface area contributed by atoms with Crippen LogP contribution in [0.3, 0.4) is 0 Å². The van der Waals surface area contributed by atoms with Gasteiger partial charge in [0.05, 0.1) is 6.04 Å². The average Bonchev–Trinajstić information content (AvgIpc) is 2.13. The lowest BCUT2D eigenvalue weighted by Crippen LogP contribution is -2.39. The van der Waals surface area contributed by atoms with Crippen LogP contribution in [0.25, 0.3) is 0 Å². The first-order valence-corrected chi connectivity index (χ1v) is 5.53. The Bertz CT molecular complexity index is 274. The van der Waals surface area contributed by atoms with Gasteiger partial charge in [0.2, 0.25) is 0 Å². The summed E-state index contributed by atoms with van der Waals surface area (Å²) in [7, 11) is 0. The van der Waals surface area contributed by atoms with E-state index in [0.29, 0.717) is 6.42 Å². The zero-order valence-electron chi connectivity index (χ0n) is 11.0. The summed E-state index contributed by atoms with van der Waals surface area (Å²) in [5.41, 5.74) is 0.637. The summed E-state index contributed by atoms with van der Waals surface area (Å²) in [6, 6.07) is -0.0302. The topological polar surface area (TPSA) is 38.3 Å². The van der Waals surface area contributed by atoms with E-state index in [1.54, 1.807) is 6.08 Å². The second-order valence-corrected chi connectivity index (χ2v) is 4.76. The number of amides is 1. The Morgan fingerprint density at radius 1 is 1.50 bits per heavy atom. The smallest absolute Gasteiger partial charge is 0.408 e. The maximum absolute atomic E-state index is 11.6. The van der Waals surface area contributed by atoms with Gasteiger partial charge in [-0.05, 0) is 41.0 Å². The van der Waals surface area contributed by atoms with E-state index in [0.717, 1.165) is 5.57 Å². The fraction of sp³-hybridized carbons (Fsp3) is 0.615. The molecule has 0 bridgehead atoms. The van der Waals surface area contributed by atoms with Crippen molar-refractivity contribution in [2.45, 2.75) is 52.7 Å². The van der Waals surface area contributed by atoms with E-state index in [1.165, 1.54) is 0 Å². The molecule has 0 aliphatic rings. The highest BCUT2D eigenvalue weighted by Gasteiger charge is 2.19. The molecule has 0 fully saturated rings. The predicted octanol–water partition coefficient (Wildman–Crippen LogP) is 3.42. The quantitative estimate of drug-likeness (QED) is 0.744. The van der Waals surface area contributed by atoms with Gasteiger partial charge >= 0.3 is 6.09 Å². The van der Waals surface area contributed by atoms with Crippen LogP contribution < -0.4 is 5.32 Å².